The predicted octanol–water partition coefficient (Wildman–Crippen LogP) is 6.70. The fourth-order valence-corrected chi connectivity index (χ4v) is 3.86. The van der Waals surface area contributed by atoms with Crippen LogP contribution >= 0.6 is 0 Å². The van der Waals surface area contributed by atoms with Crippen molar-refractivity contribution < 1.29 is 9.47 Å². The molecular formula is C29H27N3O2. The third kappa shape index (κ3) is 6.25. The van der Waals surface area contributed by atoms with Gasteiger partial charge in [0.15, 0.2) is 5.70 Å². The molecule has 0 bridgehead atoms. The number of ether oxygens (including phenoxy) is 2. The quantitative estimate of drug-likeness (QED) is 0.323. The number of hydrogen-bond acceptors (Lipinski definition) is 3. The van der Waals surface area contributed by atoms with Crippen LogP contribution in [0.4, 0.5) is 5.69 Å². The molecule has 34 heavy (non-hydrogen) atoms. The second-order valence-electron chi connectivity index (χ2n) is 8.29. The van der Waals surface area contributed by atoms with Gasteiger partial charge in [-0.1, -0.05) is 60.7 Å². The normalized spacial score (nSPS) is 17.2. The number of anilines is 1. The average molecular weight is 450 g/mol. The van der Waals surface area contributed by atoms with Crippen LogP contribution in [-0.4, -0.2) is 12.8 Å². The van der Waals surface area contributed by atoms with E-state index in [0.29, 0.717) is 18.9 Å². The first kappa shape index (κ1) is 23.1. The van der Waals surface area contributed by atoms with Crippen molar-refractivity contribution in [3.63, 3.8) is 0 Å². The minimum absolute atomic E-state index is 0.157. The smallest absolute Gasteiger partial charge is 0.292 e. The van der Waals surface area contributed by atoms with Crippen LogP contribution in [0.25, 0.3) is 9.69 Å². The van der Waals surface area contributed by atoms with E-state index in [1.54, 1.807) is 0 Å². The second-order valence-corrected chi connectivity index (χ2v) is 8.29. The van der Waals surface area contributed by atoms with E-state index in [1.165, 1.54) is 0 Å². The molecule has 1 fully saturated rings. The Balaban J connectivity index is 1.34. The summed E-state index contributed by atoms with van der Waals surface area (Å²) in [7, 11) is 0. The fraction of sp³-hybridized carbons (Fsp3) is 0.241. The Morgan fingerprint density at radius 1 is 0.853 bits per heavy atom. The molecule has 1 aliphatic rings. The molecule has 170 valence electrons. The molecule has 0 aliphatic heterocycles. The highest BCUT2D eigenvalue weighted by atomic mass is 16.5. The van der Waals surface area contributed by atoms with Crippen LogP contribution in [0.1, 0.15) is 24.0 Å². The third-order valence-electron chi connectivity index (χ3n) is 5.90. The number of rotatable bonds is 10. The van der Waals surface area contributed by atoms with Crippen LogP contribution in [-0.2, 0) is 18.0 Å². The molecule has 3 aromatic rings. The highest BCUT2D eigenvalue weighted by Crippen LogP contribution is 2.37. The lowest BCUT2D eigenvalue weighted by Crippen LogP contribution is -2.32. The Labute approximate surface area is 201 Å². The largest absolute Gasteiger partial charge is 0.489 e. The molecule has 0 unspecified atom stereocenters. The summed E-state index contributed by atoms with van der Waals surface area (Å²) in [6.07, 6.45) is 3.66. The molecule has 1 saturated carbocycles. The van der Waals surface area contributed by atoms with Crippen molar-refractivity contribution >= 4 is 5.69 Å². The zero-order valence-electron chi connectivity index (χ0n) is 19.0. The molecule has 0 aromatic heterocycles. The van der Waals surface area contributed by atoms with E-state index in [4.69, 9.17) is 22.6 Å². The third-order valence-corrected chi connectivity index (χ3v) is 5.90. The zero-order valence-corrected chi connectivity index (χ0v) is 19.0. The van der Waals surface area contributed by atoms with Crippen molar-refractivity contribution in [3.05, 3.63) is 131 Å². The molecule has 4 rings (SSSR count). The van der Waals surface area contributed by atoms with Gasteiger partial charge in [-0.2, -0.15) is 0 Å². The molecule has 5 heteroatoms. The average Bonchev–Trinajstić information content (AvgIpc) is 2.87. The van der Waals surface area contributed by atoms with Gasteiger partial charge >= 0.3 is 0 Å². The van der Waals surface area contributed by atoms with Crippen molar-refractivity contribution in [1.82, 2.24) is 0 Å². The van der Waals surface area contributed by atoms with Gasteiger partial charge in [0.2, 0.25) is 0 Å². The Hall–Kier alpha value is -4.06. The lowest BCUT2D eigenvalue weighted by molar-refractivity contribution is -0.0302. The Morgan fingerprint density at radius 2 is 1.47 bits per heavy atom. The van der Waals surface area contributed by atoms with E-state index < -0.39 is 0 Å². The van der Waals surface area contributed by atoms with Crippen LogP contribution in [0.15, 0.2) is 96.8 Å². The molecule has 5 nitrogen and oxygen atoms in total. The lowest BCUT2D eigenvalue weighted by Gasteiger charge is -2.35. The van der Waals surface area contributed by atoms with Gasteiger partial charge in [0.1, 0.15) is 12.4 Å². The van der Waals surface area contributed by atoms with Crippen LogP contribution < -0.4 is 9.64 Å². The van der Waals surface area contributed by atoms with E-state index in [0.717, 1.165) is 35.4 Å². The Morgan fingerprint density at radius 3 is 2.06 bits per heavy atom. The Kier molecular flexibility index (Phi) is 7.95. The molecule has 3 aromatic carbocycles. The molecule has 0 N–H and O–H groups in total. The highest BCUT2D eigenvalue weighted by Gasteiger charge is 2.33. The SMILES string of the molecule is [C-]#[N+]CN(/C=C(\[N+]#[C-])C1CC(OCc2ccccc2)C1)c1ccc(OCc2ccccc2)cc1. The monoisotopic (exact) mass is 449 g/mol. The van der Waals surface area contributed by atoms with Gasteiger partial charge in [0, 0.05) is 11.9 Å². The molecular weight excluding hydrogens is 422 g/mol. The standard InChI is InChI=1S/C29H27N3O2/c1-30-22-32(26-13-15-27(16-14-26)33-20-23-9-5-3-6-10-23)19-29(31-2)25-17-28(18-25)34-21-24-11-7-4-8-12-24/h3-16,19,25,28H,17-18,20-22H2/b29-19-. The second kappa shape index (κ2) is 11.7. The summed E-state index contributed by atoms with van der Waals surface area (Å²) >= 11 is 0. The zero-order chi connectivity index (χ0) is 23.6. The van der Waals surface area contributed by atoms with E-state index in [-0.39, 0.29) is 18.7 Å². The first-order valence-electron chi connectivity index (χ1n) is 11.4. The highest BCUT2D eigenvalue weighted by molar-refractivity contribution is 5.52. The summed E-state index contributed by atoms with van der Waals surface area (Å²) in [6, 6.07) is 27.8. The van der Waals surface area contributed by atoms with E-state index >= 15 is 0 Å². The van der Waals surface area contributed by atoms with E-state index in [1.807, 2.05) is 83.9 Å². The summed E-state index contributed by atoms with van der Waals surface area (Å²) < 4.78 is 11.9. The molecule has 0 atom stereocenters. The van der Waals surface area contributed by atoms with Gasteiger partial charge in [0.05, 0.1) is 19.3 Å². The fourth-order valence-electron chi connectivity index (χ4n) is 3.86. The predicted molar refractivity (Wildman–Crippen MR) is 134 cm³/mol. The molecule has 0 spiro atoms. The number of hydrogen-bond donors (Lipinski definition) is 0. The maximum atomic E-state index is 7.68. The number of nitrogens with zero attached hydrogens (tertiary/aromatic N) is 3. The van der Waals surface area contributed by atoms with Crippen molar-refractivity contribution in [2.75, 3.05) is 11.6 Å². The van der Waals surface area contributed by atoms with Crippen LogP contribution in [0.2, 0.25) is 0 Å². The van der Waals surface area contributed by atoms with Gasteiger partial charge in [-0.15, -0.1) is 0 Å². The number of allylic oxidation sites excluding steroid dienone is 1. The van der Waals surface area contributed by atoms with Crippen molar-refractivity contribution in [2.24, 2.45) is 5.92 Å². The summed E-state index contributed by atoms with van der Waals surface area (Å²) in [5.41, 5.74) is 3.80. The van der Waals surface area contributed by atoms with Crippen molar-refractivity contribution in [2.45, 2.75) is 32.2 Å². The molecule has 0 heterocycles. The summed E-state index contributed by atoms with van der Waals surface area (Å²) in [5, 5.41) is 0. The summed E-state index contributed by atoms with van der Waals surface area (Å²) in [6.45, 7) is 16.3. The molecule has 1 aliphatic carbocycles. The van der Waals surface area contributed by atoms with Crippen molar-refractivity contribution in [3.8, 4) is 5.75 Å². The van der Waals surface area contributed by atoms with Crippen LogP contribution in [0, 0.1) is 19.1 Å². The van der Waals surface area contributed by atoms with Gasteiger partial charge in [-0.25, -0.2) is 11.4 Å². The van der Waals surface area contributed by atoms with Gasteiger partial charge < -0.3 is 9.47 Å². The van der Waals surface area contributed by atoms with Crippen molar-refractivity contribution in [1.29, 1.82) is 0 Å². The summed E-state index contributed by atoms with van der Waals surface area (Å²) in [5.74, 6) is 0.933. The summed E-state index contributed by atoms with van der Waals surface area (Å²) in [4.78, 5) is 9.16. The minimum Gasteiger partial charge on any atom is -0.489 e. The molecule has 0 amide bonds. The van der Waals surface area contributed by atoms with E-state index in [2.05, 4.69) is 21.8 Å². The van der Waals surface area contributed by atoms with Crippen LogP contribution in [0.3, 0.4) is 0 Å². The first-order chi connectivity index (χ1) is 16.7. The van der Waals surface area contributed by atoms with Gasteiger partial charge in [-0.05, 0) is 54.2 Å². The maximum absolute atomic E-state index is 7.68. The minimum atomic E-state index is 0.157. The lowest BCUT2D eigenvalue weighted by atomic mass is 9.80. The molecule has 0 radical (unpaired) electrons. The Bertz CT molecular complexity index is 1160. The maximum Gasteiger partial charge on any atom is 0.292 e. The van der Waals surface area contributed by atoms with E-state index in [9.17, 15) is 0 Å². The number of benzene rings is 3. The van der Waals surface area contributed by atoms with Crippen LogP contribution in [0.5, 0.6) is 5.75 Å². The molecule has 0 saturated heterocycles. The van der Waals surface area contributed by atoms with Gasteiger partial charge in [0.25, 0.3) is 6.67 Å². The van der Waals surface area contributed by atoms with Gasteiger partial charge in [-0.3, -0.25) is 9.74 Å². The first-order valence-corrected chi connectivity index (χ1v) is 11.4. The topological polar surface area (TPSA) is 30.4 Å².